The second-order valence-electron chi connectivity index (χ2n) is 15.7. The minimum atomic E-state index is 0.898. The Morgan fingerprint density at radius 1 is 0.305 bits per heavy atom. The molecule has 8 aromatic carbocycles. The molecule has 4 nitrogen and oxygen atoms in total. The number of fused-ring (bicyclic) bond motifs is 12. The van der Waals surface area contributed by atoms with E-state index in [0.29, 0.717) is 0 Å². The van der Waals surface area contributed by atoms with Crippen LogP contribution in [0.5, 0.6) is 0 Å². The molecule has 0 bridgehead atoms. The summed E-state index contributed by atoms with van der Waals surface area (Å²) in [7, 11) is 0. The molecule has 0 N–H and O–H groups in total. The Morgan fingerprint density at radius 2 is 0.746 bits per heavy atom. The average molecular weight is 753 g/mol. The van der Waals surface area contributed by atoms with Crippen molar-refractivity contribution in [2.75, 3.05) is 0 Å². The van der Waals surface area contributed by atoms with E-state index in [9.17, 15) is 0 Å². The summed E-state index contributed by atoms with van der Waals surface area (Å²) in [6.45, 7) is 0. The summed E-state index contributed by atoms with van der Waals surface area (Å²) in [4.78, 5) is 0. The van der Waals surface area contributed by atoms with Crippen LogP contribution >= 0.6 is 0 Å². The highest BCUT2D eigenvalue weighted by molar-refractivity contribution is 6.13. The molecule has 0 saturated heterocycles. The van der Waals surface area contributed by atoms with Gasteiger partial charge in [0.05, 0.1) is 44.0 Å². The summed E-state index contributed by atoms with van der Waals surface area (Å²) in [5, 5.41) is 11.3. The first kappa shape index (κ1) is 32.3. The topological polar surface area (TPSA) is 19.7 Å². The summed E-state index contributed by atoms with van der Waals surface area (Å²) >= 11 is 0. The van der Waals surface area contributed by atoms with Crippen molar-refractivity contribution < 1.29 is 0 Å². The summed E-state index contributed by atoms with van der Waals surface area (Å²) in [5.74, 6) is 0. The van der Waals surface area contributed by atoms with Gasteiger partial charge in [0.25, 0.3) is 0 Å². The fraction of sp³-hybridized carbons (Fsp3) is 0.0182. The lowest BCUT2D eigenvalue weighted by Gasteiger charge is -2.14. The Labute approximate surface area is 339 Å². The van der Waals surface area contributed by atoms with Crippen molar-refractivity contribution in [2.24, 2.45) is 0 Å². The zero-order valence-corrected chi connectivity index (χ0v) is 32.1. The van der Waals surface area contributed by atoms with Crippen LogP contribution in [-0.2, 0) is 0 Å². The zero-order valence-electron chi connectivity index (χ0n) is 32.1. The molecule has 1 aliphatic rings. The number of para-hydroxylation sites is 5. The summed E-state index contributed by atoms with van der Waals surface area (Å²) in [6.07, 6.45) is 10.00. The standard InChI is InChI=1S/C55H36N4/c1-2-17-44-46-31-29-39(58-50-26-11-6-20-42(50)43-21-7-12-27-51(43)58)35-55(46)59(52(44)23-3-1)37-16-14-15-36(33-37)56-53-28-13-8-22-45(53)47-34-38(30-32-54(47)56)57-48-24-9-4-18-40(48)41-19-5-10-25-49(41)57/h1,3-35H,2H2. The molecule has 4 heteroatoms. The number of hydrogen-bond donors (Lipinski definition) is 0. The van der Waals surface area contributed by atoms with Gasteiger partial charge in [-0.1, -0.05) is 121 Å². The van der Waals surface area contributed by atoms with Crippen molar-refractivity contribution in [2.45, 2.75) is 6.42 Å². The quantitative estimate of drug-likeness (QED) is 0.171. The van der Waals surface area contributed by atoms with Gasteiger partial charge in [0.2, 0.25) is 0 Å². The maximum Gasteiger partial charge on any atom is 0.0561 e. The first-order chi connectivity index (χ1) is 29.3. The lowest BCUT2D eigenvalue weighted by atomic mass is 10.1. The van der Waals surface area contributed by atoms with Gasteiger partial charge in [-0.2, -0.15) is 0 Å². The summed E-state index contributed by atoms with van der Waals surface area (Å²) in [5.41, 5.74) is 13.0. The van der Waals surface area contributed by atoms with E-state index < -0.39 is 0 Å². The van der Waals surface area contributed by atoms with Gasteiger partial charge < -0.3 is 18.3 Å². The van der Waals surface area contributed by atoms with Gasteiger partial charge in [0.15, 0.2) is 0 Å². The molecule has 13 rings (SSSR count). The van der Waals surface area contributed by atoms with Gasteiger partial charge in [0.1, 0.15) is 0 Å². The third-order valence-corrected chi connectivity index (χ3v) is 12.6. The third kappa shape index (κ3) is 4.60. The Kier molecular flexibility index (Phi) is 6.75. The third-order valence-electron chi connectivity index (χ3n) is 12.6. The molecule has 0 saturated carbocycles. The van der Waals surface area contributed by atoms with Crippen LogP contribution in [0.4, 0.5) is 0 Å². The second kappa shape index (κ2) is 12.3. The van der Waals surface area contributed by atoms with Crippen molar-refractivity contribution in [3.63, 3.8) is 0 Å². The Morgan fingerprint density at radius 3 is 1.31 bits per heavy atom. The monoisotopic (exact) mass is 752 g/mol. The fourth-order valence-electron chi connectivity index (χ4n) is 10.1. The molecule has 0 aliphatic heterocycles. The van der Waals surface area contributed by atoms with Gasteiger partial charge in [-0.05, 0) is 91.4 Å². The van der Waals surface area contributed by atoms with Gasteiger partial charge in [0, 0.05) is 65.7 Å². The molecule has 4 heterocycles. The van der Waals surface area contributed by atoms with Crippen LogP contribution < -0.4 is 10.6 Å². The predicted octanol–water partition coefficient (Wildman–Crippen LogP) is 12.4. The molecule has 59 heavy (non-hydrogen) atoms. The van der Waals surface area contributed by atoms with Crippen molar-refractivity contribution >= 4 is 88.5 Å². The number of nitrogens with zero attached hydrogens (tertiary/aromatic N) is 4. The van der Waals surface area contributed by atoms with Crippen LogP contribution in [0.15, 0.2) is 194 Å². The number of benzene rings is 8. The van der Waals surface area contributed by atoms with E-state index in [0.717, 1.165) is 29.2 Å². The molecule has 0 fully saturated rings. The van der Waals surface area contributed by atoms with Gasteiger partial charge in [-0.25, -0.2) is 0 Å². The summed E-state index contributed by atoms with van der Waals surface area (Å²) < 4.78 is 9.73. The van der Waals surface area contributed by atoms with E-state index in [1.807, 2.05) is 0 Å². The molecule has 0 radical (unpaired) electrons. The Balaban J connectivity index is 1.03. The number of hydrogen-bond acceptors (Lipinski definition) is 0. The lowest BCUT2D eigenvalue weighted by Crippen LogP contribution is -2.27. The maximum absolute atomic E-state index is 2.46. The molecule has 0 atom stereocenters. The minimum Gasteiger partial charge on any atom is -0.309 e. The van der Waals surface area contributed by atoms with Crippen LogP contribution in [0.3, 0.4) is 0 Å². The molecule has 276 valence electrons. The highest BCUT2D eigenvalue weighted by Crippen LogP contribution is 2.38. The molecule has 0 amide bonds. The molecular weight excluding hydrogens is 717 g/mol. The van der Waals surface area contributed by atoms with Gasteiger partial charge >= 0.3 is 0 Å². The number of allylic oxidation sites excluding steroid dienone is 2. The normalized spacial score (nSPS) is 12.9. The zero-order chi connectivity index (χ0) is 38.6. The van der Waals surface area contributed by atoms with Gasteiger partial charge in [-0.15, -0.1) is 0 Å². The molecule has 0 unspecified atom stereocenters. The Hall–Kier alpha value is -7.82. The van der Waals surface area contributed by atoms with E-state index in [4.69, 9.17) is 0 Å². The number of rotatable bonds is 4. The second-order valence-corrected chi connectivity index (χ2v) is 15.7. The Bertz CT molecular complexity index is 3770. The lowest BCUT2D eigenvalue weighted by molar-refractivity contribution is 1.06. The first-order valence-corrected chi connectivity index (χ1v) is 20.4. The van der Waals surface area contributed by atoms with Crippen LogP contribution in [0.25, 0.3) is 111 Å². The van der Waals surface area contributed by atoms with Crippen LogP contribution in [-0.4, -0.2) is 18.3 Å². The van der Waals surface area contributed by atoms with Crippen LogP contribution in [0.2, 0.25) is 0 Å². The van der Waals surface area contributed by atoms with Crippen molar-refractivity contribution in [3.8, 4) is 22.7 Å². The minimum absolute atomic E-state index is 0.898. The predicted molar refractivity (Wildman–Crippen MR) is 248 cm³/mol. The largest absolute Gasteiger partial charge is 0.309 e. The number of aromatic nitrogens is 4. The van der Waals surface area contributed by atoms with E-state index in [1.54, 1.807) is 0 Å². The van der Waals surface area contributed by atoms with E-state index >= 15 is 0 Å². The first-order valence-electron chi connectivity index (χ1n) is 20.4. The van der Waals surface area contributed by atoms with Crippen molar-refractivity contribution in [1.82, 2.24) is 18.3 Å². The van der Waals surface area contributed by atoms with Gasteiger partial charge in [-0.3, -0.25) is 0 Å². The van der Waals surface area contributed by atoms with Crippen molar-refractivity contribution in [1.29, 1.82) is 0 Å². The molecule has 0 spiro atoms. The molecular formula is C55H36N4. The van der Waals surface area contributed by atoms with E-state index in [-0.39, 0.29) is 0 Å². The maximum atomic E-state index is 2.46. The summed E-state index contributed by atoms with van der Waals surface area (Å²) in [6, 6.07) is 66.9. The fourth-order valence-corrected chi connectivity index (χ4v) is 10.1. The van der Waals surface area contributed by atoms with E-state index in [1.165, 1.54) is 86.9 Å². The average Bonchev–Trinajstić information content (AvgIpc) is 3.95. The molecule has 12 aromatic rings. The molecule has 4 aromatic heterocycles. The molecule has 1 aliphatic carbocycles. The van der Waals surface area contributed by atoms with Crippen LogP contribution in [0.1, 0.15) is 6.42 Å². The highest BCUT2D eigenvalue weighted by atomic mass is 15.0. The van der Waals surface area contributed by atoms with E-state index in [2.05, 4.69) is 225 Å². The smallest absolute Gasteiger partial charge is 0.0561 e. The van der Waals surface area contributed by atoms with Crippen molar-refractivity contribution in [3.05, 3.63) is 205 Å². The SMILES string of the molecule is C1=CCC=c2c(n(-c3cccc(-n4c5ccccc5c5cc(-n6c7ccccc7c7ccccc76)ccc54)c3)c3cc(-n4c5ccccc5c5ccccc54)ccc23)=C1. The highest BCUT2D eigenvalue weighted by Gasteiger charge is 2.19. The van der Waals surface area contributed by atoms with Crippen LogP contribution in [0, 0.1) is 0 Å².